The highest BCUT2D eigenvalue weighted by Gasteiger charge is 2.17. The van der Waals surface area contributed by atoms with E-state index in [1.807, 2.05) is 0 Å². The molecule has 1 atom stereocenters. The number of carbonyl (C=O) groups is 4. The largest absolute Gasteiger partial charge is 0.462 e. The topological polar surface area (TPSA) is 129 Å². The molecule has 31 heavy (non-hydrogen) atoms. The lowest BCUT2D eigenvalue weighted by Gasteiger charge is -2.19. The van der Waals surface area contributed by atoms with Crippen molar-refractivity contribution >= 4 is 24.1 Å². The highest BCUT2D eigenvalue weighted by Crippen LogP contribution is 2.07. The van der Waals surface area contributed by atoms with Gasteiger partial charge in [0.25, 0.3) is 0 Å². The van der Waals surface area contributed by atoms with Gasteiger partial charge < -0.3 is 29.6 Å². The SMILES string of the molecule is CC(COC(=O)CCCNC(=O)OC(C)(C)C)OC(=O)CCCNC(=O)OC(C)(C)C. The molecule has 0 aliphatic rings. The molecule has 0 aromatic heterocycles. The van der Waals surface area contributed by atoms with Crippen molar-refractivity contribution in [3.05, 3.63) is 0 Å². The zero-order valence-electron chi connectivity index (χ0n) is 19.8. The Morgan fingerprint density at radius 2 is 1.16 bits per heavy atom. The number of hydrogen-bond acceptors (Lipinski definition) is 8. The first-order valence-corrected chi connectivity index (χ1v) is 10.5. The van der Waals surface area contributed by atoms with Crippen LogP contribution in [0.2, 0.25) is 0 Å². The van der Waals surface area contributed by atoms with Crippen molar-refractivity contribution in [2.75, 3.05) is 19.7 Å². The van der Waals surface area contributed by atoms with Gasteiger partial charge in [-0.05, 0) is 61.3 Å². The molecule has 10 nitrogen and oxygen atoms in total. The third-order valence-electron chi connectivity index (χ3n) is 3.26. The summed E-state index contributed by atoms with van der Waals surface area (Å²) in [5, 5.41) is 5.11. The zero-order chi connectivity index (χ0) is 24.1. The Kier molecular flexibility index (Phi) is 12.6. The van der Waals surface area contributed by atoms with Gasteiger partial charge in [0.1, 0.15) is 23.9 Å². The minimum Gasteiger partial charge on any atom is -0.462 e. The molecule has 0 radical (unpaired) electrons. The maximum absolute atomic E-state index is 11.8. The van der Waals surface area contributed by atoms with Gasteiger partial charge in [-0.15, -0.1) is 0 Å². The van der Waals surface area contributed by atoms with E-state index in [-0.39, 0.29) is 32.5 Å². The molecule has 10 heteroatoms. The zero-order valence-corrected chi connectivity index (χ0v) is 19.8. The van der Waals surface area contributed by atoms with Gasteiger partial charge in [0.2, 0.25) is 0 Å². The van der Waals surface area contributed by atoms with Crippen LogP contribution in [0.3, 0.4) is 0 Å². The van der Waals surface area contributed by atoms with Crippen LogP contribution in [-0.2, 0) is 28.5 Å². The molecule has 0 saturated carbocycles. The summed E-state index contributed by atoms with van der Waals surface area (Å²) >= 11 is 0. The molecule has 0 fully saturated rings. The first kappa shape index (κ1) is 28.5. The molecule has 0 rings (SSSR count). The van der Waals surface area contributed by atoms with Gasteiger partial charge in [-0.25, -0.2) is 9.59 Å². The van der Waals surface area contributed by atoms with Gasteiger partial charge in [-0.2, -0.15) is 0 Å². The summed E-state index contributed by atoms with van der Waals surface area (Å²) < 4.78 is 20.4. The molecule has 0 spiro atoms. The summed E-state index contributed by atoms with van der Waals surface area (Å²) in [5.41, 5.74) is -1.16. The fraction of sp³-hybridized carbons (Fsp3) is 0.810. The average molecular weight is 447 g/mol. The van der Waals surface area contributed by atoms with Crippen molar-refractivity contribution in [2.24, 2.45) is 0 Å². The van der Waals surface area contributed by atoms with E-state index in [1.54, 1.807) is 48.5 Å². The van der Waals surface area contributed by atoms with Crippen LogP contribution in [-0.4, -0.2) is 61.1 Å². The van der Waals surface area contributed by atoms with Crippen molar-refractivity contribution < 1.29 is 38.1 Å². The summed E-state index contributed by atoms with van der Waals surface area (Å²) in [6.45, 7) is 12.7. The van der Waals surface area contributed by atoms with Crippen LogP contribution >= 0.6 is 0 Å². The van der Waals surface area contributed by atoms with Crippen LogP contribution in [0.4, 0.5) is 9.59 Å². The van der Waals surface area contributed by atoms with Gasteiger partial charge in [0.05, 0.1) is 0 Å². The van der Waals surface area contributed by atoms with Gasteiger partial charge in [-0.3, -0.25) is 9.59 Å². The molecule has 180 valence electrons. The van der Waals surface area contributed by atoms with Crippen LogP contribution in [0.1, 0.15) is 74.1 Å². The van der Waals surface area contributed by atoms with Gasteiger partial charge in [0, 0.05) is 25.9 Å². The maximum atomic E-state index is 11.8. The predicted octanol–water partition coefficient (Wildman–Crippen LogP) is 3.07. The van der Waals surface area contributed by atoms with E-state index in [9.17, 15) is 19.2 Å². The highest BCUT2D eigenvalue weighted by atomic mass is 16.6. The first-order valence-electron chi connectivity index (χ1n) is 10.5. The molecule has 2 amide bonds. The van der Waals surface area contributed by atoms with Crippen molar-refractivity contribution in [1.82, 2.24) is 10.6 Å². The van der Waals surface area contributed by atoms with Crippen LogP contribution in [0.15, 0.2) is 0 Å². The number of ether oxygens (including phenoxy) is 4. The Morgan fingerprint density at radius 3 is 1.58 bits per heavy atom. The minimum atomic E-state index is -0.588. The Morgan fingerprint density at radius 1 is 0.742 bits per heavy atom. The van der Waals surface area contributed by atoms with Crippen molar-refractivity contribution in [3.63, 3.8) is 0 Å². The summed E-state index contributed by atoms with van der Waals surface area (Å²) in [5.74, 6) is -0.897. The third-order valence-corrected chi connectivity index (χ3v) is 3.26. The number of rotatable bonds is 11. The molecule has 0 aliphatic heterocycles. The normalized spacial score (nSPS) is 12.4. The molecular formula is C21H38N2O8. The van der Waals surface area contributed by atoms with Gasteiger partial charge in [-0.1, -0.05) is 0 Å². The summed E-state index contributed by atoms with van der Waals surface area (Å²) in [6, 6.07) is 0. The second kappa shape index (κ2) is 13.7. The number of alkyl carbamates (subject to hydrolysis) is 2. The molecule has 0 bridgehead atoms. The van der Waals surface area contributed by atoms with E-state index in [0.29, 0.717) is 12.8 Å². The predicted molar refractivity (Wildman–Crippen MR) is 113 cm³/mol. The maximum Gasteiger partial charge on any atom is 0.407 e. The molecule has 0 heterocycles. The van der Waals surface area contributed by atoms with E-state index in [4.69, 9.17) is 18.9 Å². The van der Waals surface area contributed by atoms with Crippen molar-refractivity contribution in [3.8, 4) is 0 Å². The minimum absolute atomic E-state index is 0.0553. The van der Waals surface area contributed by atoms with Crippen LogP contribution in [0, 0.1) is 0 Å². The molecule has 0 saturated heterocycles. The molecular weight excluding hydrogens is 408 g/mol. The Bertz CT molecular complexity index is 593. The second-order valence-electron chi connectivity index (χ2n) is 9.05. The van der Waals surface area contributed by atoms with E-state index in [0.717, 1.165) is 0 Å². The fourth-order valence-corrected chi connectivity index (χ4v) is 2.07. The van der Waals surface area contributed by atoms with Crippen LogP contribution < -0.4 is 10.6 Å². The smallest absolute Gasteiger partial charge is 0.407 e. The van der Waals surface area contributed by atoms with E-state index >= 15 is 0 Å². The van der Waals surface area contributed by atoms with Crippen molar-refractivity contribution in [1.29, 1.82) is 0 Å². The van der Waals surface area contributed by atoms with Crippen molar-refractivity contribution in [2.45, 2.75) is 91.5 Å². The quantitative estimate of drug-likeness (QED) is 0.281. The van der Waals surface area contributed by atoms with Crippen LogP contribution in [0.5, 0.6) is 0 Å². The van der Waals surface area contributed by atoms with E-state index in [2.05, 4.69) is 10.6 Å². The number of carbonyl (C=O) groups excluding carboxylic acids is 4. The lowest BCUT2D eigenvalue weighted by atomic mass is 10.2. The summed E-state index contributed by atoms with van der Waals surface area (Å²) in [4.78, 5) is 46.5. The average Bonchev–Trinajstić information content (AvgIpc) is 2.57. The highest BCUT2D eigenvalue weighted by molar-refractivity contribution is 5.71. The fourth-order valence-electron chi connectivity index (χ4n) is 2.07. The van der Waals surface area contributed by atoms with Gasteiger partial charge >= 0.3 is 24.1 Å². The number of nitrogens with one attached hydrogen (secondary N) is 2. The monoisotopic (exact) mass is 446 g/mol. The number of hydrogen-bond donors (Lipinski definition) is 2. The third kappa shape index (κ3) is 19.2. The lowest BCUT2D eigenvalue weighted by molar-refractivity contribution is -0.158. The van der Waals surface area contributed by atoms with Gasteiger partial charge in [0.15, 0.2) is 0 Å². The Balaban J connectivity index is 3.81. The van der Waals surface area contributed by atoms with Crippen LogP contribution in [0.25, 0.3) is 0 Å². The summed E-state index contributed by atoms with van der Waals surface area (Å²) in [7, 11) is 0. The molecule has 0 aromatic rings. The molecule has 2 N–H and O–H groups in total. The molecule has 0 aromatic carbocycles. The molecule has 1 unspecified atom stereocenters. The Hall–Kier alpha value is -2.52. The van der Waals surface area contributed by atoms with E-state index < -0.39 is 41.4 Å². The summed E-state index contributed by atoms with van der Waals surface area (Å²) in [6.07, 6.45) is -0.635. The number of amides is 2. The Labute approximate surface area is 184 Å². The van der Waals surface area contributed by atoms with E-state index in [1.165, 1.54) is 0 Å². The standard InChI is InChI=1S/C21H38N2O8/c1-15(29-17(25)11-9-13-23-19(27)31-21(5,6)7)14-28-16(24)10-8-12-22-18(26)30-20(2,3)4/h15H,8-14H2,1-7H3,(H,22,26)(H,23,27). The lowest BCUT2D eigenvalue weighted by Crippen LogP contribution is -2.33. The number of esters is 2. The second-order valence-corrected chi connectivity index (χ2v) is 9.05. The first-order chi connectivity index (χ1) is 14.2. The molecule has 0 aliphatic carbocycles.